The number of benzene rings is 1. The van der Waals surface area contributed by atoms with Crippen molar-refractivity contribution in [3.63, 3.8) is 0 Å². The highest BCUT2D eigenvalue weighted by Gasteiger charge is 2.20. The Bertz CT molecular complexity index is 405. The van der Waals surface area contributed by atoms with Gasteiger partial charge in [0.05, 0.1) is 0 Å². The van der Waals surface area contributed by atoms with Crippen molar-refractivity contribution in [1.82, 2.24) is 0 Å². The summed E-state index contributed by atoms with van der Waals surface area (Å²) in [7, 11) is -6.00. The van der Waals surface area contributed by atoms with Crippen LogP contribution >= 0.6 is 22.9 Å². The van der Waals surface area contributed by atoms with Crippen molar-refractivity contribution in [3.05, 3.63) is 28.7 Å². The molecule has 0 spiro atoms. The van der Waals surface area contributed by atoms with E-state index in [0.717, 1.165) is 9.98 Å². The minimum Gasteiger partial charge on any atom is -0.418 e. The second-order valence-corrected chi connectivity index (χ2v) is 4.15. The molecule has 2 rings (SSSR count). The minimum atomic E-state index is -6.00. The molecular weight excluding hydrogens is 252 g/mol. The van der Waals surface area contributed by atoms with Gasteiger partial charge in [-0.05, 0) is 17.4 Å². The predicted molar refractivity (Wildman–Crippen MR) is 53.6 cm³/mol. The number of para-hydroxylation sites is 1. The monoisotopic (exact) mass is 257 g/mol. The van der Waals surface area contributed by atoms with Crippen LogP contribution in [0.3, 0.4) is 0 Å². The number of aromatic nitrogens is 1. The van der Waals surface area contributed by atoms with Crippen LogP contribution in [-0.2, 0) is 0 Å². The summed E-state index contributed by atoms with van der Waals surface area (Å²) in [6.07, 6.45) is 0. The molecule has 0 fully saturated rings. The first-order valence-corrected chi connectivity index (χ1v) is 4.99. The molecule has 0 saturated heterocycles. The minimum absolute atomic E-state index is 0.737. The van der Waals surface area contributed by atoms with Crippen molar-refractivity contribution in [2.24, 2.45) is 0 Å². The molecule has 1 aromatic heterocycles. The van der Waals surface area contributed by atoms with Crippen LogP contribution in [0.4, 0.5) is 17.3 Å². The molecule has 0 radical (unpaired) electrons. The van der Waals surface area contributed by atoms with Gasteiger partial charge in [-0.3, -0.25) is 0 Å². The first-order valence-electron chi connectivity index (χ1n) is 3.80. The third-order valence-corrected chi connectivity index (χ3v) is 2.50. The predicted octanol–water partition coefficient (Wildman–Crippen LogP) is 3.67. The zero-order valence-corrected chi connectivity index (χ0v) is 8.76. The molecule has 0 amide bonds. The van der Waals surface area contributed by atoms with Crippen LogP contribution in [0, 0.1) is 0 Å². The number of nitrogens with one attached hydrogen (secondary N) is 1. The molecule has 0 saturated carbocycles. The number of fused-ring (bicyclic) bond motifs is 1. The van der Waals surface area contributed by atoms with Crippen LogP contribution in [0.15, 0.2) is 24.3 Å². The molecule has 0 unspecified atom stereocenters. The van der Waals surface area contributed by atoms with E-state index in [1.807, 2.05) is 24.3 Å². The maximum absolute atomic E-state index is 9.75. The number of thiazole rings is 1. The number of rotatable bonds is 0. The summed E-state index contributed by atoms with van der Waals surface area (Å²) in [5.74, 6) is 0. The molecule has 0 atom stereocenters. The van der Waals surface area contributed by atoms with E-state index >= 15 is 0 Å². The van der Waals surface area contributed by atoms with Gasteiger partial charge in [0, 0.05) is 17.7 Å². The van der Waals surface area contributed by atoms with Crippen LogP contribution in [0.2, 0.25) is 4.47 Å². The zero-order valence-electron chi connectivity index (χ0n) is 7.18. The summed E-state index contributed by atoms with van der Waals surface area (Å²) in [5.41, 5.74) is 1.11. The fourth-order valence-corrected chi connectivity index (χ4v) is 1.97. The van der Waals surface area contributed by atoms with E-state index in [1.165, 1.54) is 4.70 Å². The highest BCUT2D eigenvalue weighted by molar-refractivity contribution is 7.21. The topological polar surface area (TPSA) is 14.1 Å². The van der Waals surface area contributed by atoms with Gasteiger partial charge in [-0.15, -0.1) is 0 Å². The van der Waals surface area contributed by atoms with Crippen molar-refractivity contribution >= 4 is 40.4 Å². The standard InChI is InChI=1S/C7H4ClNS.BF4/c8-7-9-5-3-1-2-4-6(5)10-7;2-1(3,4)5/h1-4H;/q;-1/p+1. The molecule has 0 aliphatic carbocycles. The molecule has 0 aliphatic rings. The SMILES string of the molecule is Clc1[nH+]c2ccccc2s1.F[B-](F)(F)F. The summed E-state index contributed by atoms with van der Waals surface area (Å²) in [4.78, 5) is 3.04. The van der Waals surface area contributed by atoms with Crippen molar-refractivity contribution < 1.29 is 22.2 Å². The number of hydrogen-bond donors (Lipinski definition) is 0. The fraction of sp³-hybridized carbons (Fsp3) is 0. The van der Waals surface area contributed by atoms with Crippen LogP contribution in [0.25, 0.3) is 10.2 Å². The van der Waals surface area contributed by atoms with Gasteiger partial charge in [0.1, 0.15) is 4.70 Å². The van der Waals surface area contributed by atoms with E-state index < -0.39 is 7.25 Å². The quantitative estimate of drug-likeness (QED) is 0.505. The number of hydrogen-bond acceptors (Lipinski definition) is 1. The summed E-state index contributed by atoms with van der Waals surface area (Å²) in [6.45, 7) is 0. The van der Waals surface area contributed by atoms with E-state index in [-0.39, 0.29) is 0 Å². The highest BCUT2D eigenvalue weighted by atomic mass is 35.5. The normalized spacial score (nSPS) is 11.0. The molecule has 2 aromatic rings. The second-order valence-electron chi connectivity index (χ2n) is 2.49. The Morgan fingerprint density at radius 2 is 1.67 bits per heavy atom. The van der Waals surface area contributed by atoms with Gasteiger partial charge in [-0.1, -0.05) is 12.1 Å². The van der Waals surface area contributed by atoms with Crippen LogP contribution in [0.1, 0.15) is 0 Å². The van der Waals surface area contributed by atoms with Gasteiger partial charge < -0.3 is 17.3 Å². The Kier molecular flexibility index (Phi) is 3.93. The van der Waals surface area contributed by atoms with Crippen molar-refractivity contribution in [2.75, 3.05) is 0 Å². The summed E-state index contributed by atoms with van der Waals surface area (Å²) in [6, 6.07) is 8.05. The van der Waals surface area contributed by atoms with Gasteiger partial charge >= 0.3 is 11.7 Å². The fourth-order valence-electron chi connectivity index (χ4n) is 0.887. The lowest BCUT2D eigenvalue weighted by Crippen LogP contribution is -2.02. The number of aromatic amines is 1. The van der Waals surface area contributed by atoms with Gasteiger partial charge in [0.2, 0.25) is 5.52 Å². The molecule has 1 aromatic carbocycles. The molecule has 0 bridgehead atoms. The third-order valence-electron chi connectivity index (χ3n) is 1.32. The van der Waals surface area contributed by atoms with Crippen LogP contribution < -0.4 is 4.98 Å². The molecule has 1 N–H and O–H groups in total. The Morgan fingerprint density at radius 1 is 1.13 bits per heavy atom. The van der Waals surface area contributed by atoms with Crippen molar-refractivity contribution in [2.45, 2.75) is 0 Å². The maximum atomic E-state index is 9.75. The third kappa shape index (κ3) is 4.99. The Hall–Kier alpha value is -0.815. The summed E-state index contributed by atoms with van der Waals surface area (Å²) in [5, 5.41) is 0. The van der Waals surface area contributed by atoms with E-state index in [9.17, 15) is 17.3 Å². The van der Waals surface area contributed by atoms with Crippen LogP contribution in [-0.4, -0.2) is 7.25 Å². The van der Waals surface area contributed by atoms with E-state index in [4.69, 9.17) is 11.6 Å². The molecular formula is C7H5BClF4NS. The summed E-state index contributed by atoms with van der Waals surface area (Å²) >= 11 is 7.31. The maximum Gasteiger partial charge on any atom is 0.673 e. The van der Waals surface area contributed by atoms with Crippen molar-refractivity contribution in [1.29, 1.82) is 0 Å². The number of H-pyrrole nitrogens is 1. The average molecular weight is 257 g/mol. The second kappa shape index (κ2) is 4.80. The Balaban J connectivity index is 0.000000195. The van der Waals surface area contributed by atoms with Gasteiger partial charge in [-0.2, -0.15) is 4.98 Å². The van der Waals surface area contributed by atoms with Gasteiger partial charge in [0.25, 0.3) is 0 Å². The first kappa shape index (κ1) is 12.3. The Morgan fingerprint density at radius 3 is 2.20 bits per heavy atom. The Labute approximate surface area is 91.8 Å². The van der Waals surface area contributed by atoms with E-state index in [1.54, 1.807) is 11.3 Å². The van der Waals surface area contributed by atoms with Crippen LogP contribution in [0.5, 0.6) is 0 Å². The molecule has 82 valence electrons. The zero-order chi connectivity index (χ0) is 11.5. The number of halogens is 5. The lowest BCUT2D eigenvalue weighted by Gasteiger charge is -1.94. The van der Waals surface area contributed by atoms with Gasteiger partial charge in [-0.25, -0.2) is 0 Å². The smallest absolute Gasteiger partial charge is 0.418 e. The molecule has 1 nitrogen and oxygen atoms in total. The average Bonchev–Trinajstić information content (AvgIpc) is 2.40. The molecule has 1 heterocycles. The van der Waals surface area contributed by atoms with E-state index in [0.29, 0.717) is 0 Å². The van der Waals surface area contributed by atoms with Crippen molar-refractivity contribution in [3.8, 4) is 0 Å². The molecule has 8 heteroatoms. The van der Waals surface area contributed by atoms with Gasteiger partial charge in [0.15, 0.2) is 0 Å². The molecule has 0 aliphatic heterocycles. The summed E-state index contributed by atoms with van der Waals surface area (Å²) < 4.78 is 40.9. The highest BCUT2D eigenvalue weighted by Crippen LogP contribution is 2.20. The molecule has 15 heavy (non-hydrogen) atoms. The van der Waals surface area contributed by atoms with E-state index in [2.05, 4.69) is 4.98 Å². The lowest BCUT2D eigenvalue weighted by molar-refractivity contribution is -0.335. The first-order chi connectivity index (χ1) is 6.86. The largest absolute Gasteiger partial charge is 0.673 e. The lowest BCUT2D eigenvalue weighted by atomic mass is 10.3.